The van der Waals surface area contributed by atoms with Crippen LogP contribution in [0.4, 0.5) is 0 Å². The number of esters is 1. The summed E-state index contributed by atoms with van der Waals surface area (Å²) in [4.78, 5) is 10.5. The molecule has 1 unspecified atom stereocenters. The lowest BCUT2D eigenvalue weighted by atomic mass is 9.99. The van der Waals surface area contributed by atoms with Crippen LogP contribution in [-0.2, 0) is 9.53 Å². The molecule has 5 heteroatoms. The summed E-state index contributed by atoms with van der Waals surface area (Å²) in [6, 6.07) is 0. The van der Waals surface area contributed by atoms with E-state index in [0.29, 0.717) is 12.8 Å². The Morgan fingerprint density at radius 2 is 2.14 bits per heavy atom. The summed E-state index contributed by atoms with van der Waals surface area (Å²) in [5.41, 5.74) is 0. The predicted octanol–water partition coefficient (Wildman–Crippen LogP) is -0.958. The van der Waals surface area contributed by atoms with Gasteiger partial charge in [0.1, 0.15) is 6.61 Å². The molecule has 0 heterocycles. The second-order valence-corrected chi connectivity index (χ2v) is 3.67. The van der Waals surface area contributed by atoms with Gasteiger partial charge < -0.3 is 20.1 Å². The van der Waals surface area contributed by atoms with Gasteiger partial charge in [-0.05, 0) is 12.8 Å². The van der Waals surface area contributed by atoms with Gasteiger partial charge in [0.25, 0.3) is 0 Å². The van der Waals surface area contributed by atoms with E-state index in [1.54, 1.807) is 0 Å². The van der Waals surface area contributed by atoms with Gasteiger partial charge in [0.2, 0.25) is 0 Å². The lowest BCUT2D eigenvalue weighted by molar-refractivity contribution is -0.146. The van der Waals surface area contributed by atoms with Crippen LogP contribution in [0, 0.1) is 5.92 Å². The van der Waals surface area contributed by atoms with Crippen molar-refractivity contribution in [3.63, 3.8) is 0 Å². The number of rotatable bonds is 3. The van der Waals surface area contributed by atoms with Gasteiger partial charge in [-0.3, -0.25) is 4.79 Å². The SMILES string of the molecule is CC(=O)OC[C@@H](O)[C@H]1CC[C@@H](O)C1O. The lowest BCUT2D eigenvalue weighted by Crippen LogP contribution is -2.35. The van der Waals surface area contributed by atoms with Crippen LogP contribution in [-0.4, -0.2) is 46.2 Å². The van der Waals surface area contributed by atoms with E-state index in [2.05, 4.69) is 4.74 Å². The van der Waals surface area contributed by atoms with E-state index in [0.717, 1.165) is 0 Å². The zero-order valence-electron chi connectivity index (χ0n) is 8.09. The van der Waals surface area contributed by atoms with Gasteiger partial charge in [-0.15, -0.1) is 0 Å². The normalized spacial score (nSPS) is 34.1. The monoisotopic (exact) mass is 204 g/mol. The van der Waals surface area contributed by atoms with Crippen molar-refractivity contribution in [1.82, 2.24) is 0 Å². The molecule has 0 bridgehead atoms. The standard InChI is InChI=1S/C9H16O5/c1-5(10)14-4-8(12)6-2-3-7(11)9(6)13/h6-9,11-13H,2-4H2,1H3/t6-,7-,8-,9?/m1/s1. The fourth-order valence-corrected chi connectivity index (χ4v) is 1.74. The van der Waals surface area contributed by atoms with Gasteiger partial charge in [0.15, 0.2) is 0 Å². The first-order valence-corrected chi connectivity index (χ1v) is 4.70. The Bertz CT molecular complexity index is 205. The van der Waals surface area contributed by atoms with E-state index in [4.69, 9.17) is 0 Å². The van der Waals surface area contributed by atoms with Crippen LogP contribution < -0.4 is 0 Å². The maximum absolute atomic E-state index is 10.5. The van der Waals surface area contributed by atoms with E-state index in [1.807, 2.05) is 0 Å². The summed E-state index contributed by atoms with van der Waals surface area (Å²) >= 11 is 0. The van der Waals surface area contributed by atoms with Crippen LogP contribution in [0.2, 0.25) is 0 Å². The van der Waals surface area contributed by atoms with Crippen molar-refractivity contribution < 1.29 is 24.9 Å². The van der Waals surface area contributed by atoms with Crippen molar-refractivity contribution in [2.75, 3.05) is 6.61 Å². The second kappa shape index (κ2) is 4.72. The first kappa shape index (κ1) is 11.4. The van der Waals surface area contributed by atoms with Crippen LogP contribution in [0.15, 0.2) is 0 Å². The average Bonchev–Trinajstić information content (AvgIpc) is 2.44. The zero-order chi connectivity index (χ0) is 10.7. The summed E-state index contributed by atoms with van der Waals surface area (Å²) in [5.74, 6) is -0.860. The molecule has 5 nitrogen and oxygen atoms in total. The van der Waals surface area contributed by atoms with E-state index < -0.39 is 30.2 Å². The van der Waals surface area contributed by atoms with Crippen molar-refractivity contribution in [2.24, 2.45) is 5.92 Å². The van der Waals surface area contributed by atoms with Crippen molar-refractivity contribution in [1.29, 1.82) is 0 Å². The Balaban J connectivity index is 2.37. The van der Waals surface area contributed by atoms with Gasteiger partial charge in [-0.25, -0.2) is 0 Å². The molecule has 1 saturated carbocycles. The summed E-state index contributed by atoms with van der Waals surface area (Å²) in [7, 11) is 0. The third-order valence-electron chi connectivity index (χ3n) is 2.58. The number of hydrogen-bond acceptors (Lipinski definition) is 5. The number of carbonyl (C=O) groups is 1. The minimum absolute atomic E-state index is 0.121. The van der Waals surface area contributed by atoms with E-state index in [9.17, 15) is 20.1 Å². The first-order valence-electron chi connectivity index (χ1n) is 4.70. The molecular formula is C9H16O5. The van der Waals surface area contributed by atoms with Crippen molar-refractivity contribution in [3.05, 3.63) is 0 Å². The fraction of sp³-hybridized carbons (Fsp3) is 0.889. The number of ether oxygens (including phenoxy) is 1. The summed E-state index contributed by atoms with van der Waals surface area (Å²) in [5, 5.41) is 28.2. The molecule has 1 fully saturated rings. The largest absolute Gasteiger partial charge is 0.463 e. The first-order chi connectivity index (χ1) is 6.52. The predicted molar refractivity (Wildman–Crippen MR) is 47.4 cm³/mol. The third-order valence-corrected chi connectivity index (χ3v) is 2.58. The molecule has 1 aliphatic carbocycles. The molecule has 0 aromatic rings. The molecule has 0 aromatic heterocycles. The molecule has 1 aliphatic rings. The Kier molecular flexibility index (Phi) is 3.86. The minimum atomic E-state index is -0.916. The number of carbonyl (C=O) groups excluding carboxylic acids is 1. The second-order valence-electron chi connectivity index (χ2n) is 3.67. The fourth-order valence-electron chi connectivity index (χ4n) is 1.74. The Morgan fingerprint density at radius 3 is 2.57 bits per heavy atom. The molecule has 0 amide bonds. The maximum Gasteiger partial charge on any atom is 0.302 e. The summed E-state index contributed by atoms with van der Waals surface area (Å²) < 4.78 is 4.62. The Labute approximate surface area is 82.3 Å². The molecule has 0 aliphatic heterocycles. The number of aliphatic hydroxyl groups excluding tert-OH is 3. The highest BCUT2D eigenvalue weighted by Crippen LogP contribution is 2.28. The van der Waals surface area contributed by atoms with Gasteiger partial charge in [0.05, 0.1) is 18.3 Å². The highest BCUT2D eigenvalue weighted by molar-refractivity contribution is 5.65. The molecule has 0 saturated heterocycles. The van der Waals surface area contributed by atoms with Crippen LogP contribution in [0.1, 0.15) is 19.8 Å². The van der Waals surface area contributed by atoms with Gasteiger partial charge >= 0.3 is 5.97 Å². The highest BCUT2D eigenvalue weighted by atomic mass is 16.5. The molecule has 82 valence electrons. The maximum atomic E-state index is 10.5. The zero-order valence-corrected chi connectivity index (χ0v) is 8.09. The number of hydrogen-bond donors (Lipinski definition) is 3. The average molecular weight is 204 g/mol. The van der Waals surface area contributed by atoms with Gasteiger partial charge in [-0.1, -0.05) is 0 Å². The third kappa shape index (κ3) is 2.67. The molecule has 0 spiro atoms. The van der Waals surface area contributed by atoms with E-state index >= 15 is 0 Å². The van der Waals surface area contributed by atoms with Crippen molar-refractivity contribution in [2.45, 2.75) is 38.1 Å². The molecule has 4 atom stereocenters. The quantitative estimate of drug-likeness (QED) is 0.515. The van der Waals surface area contributed by atoms with Gasteiger partial charge in [-0.2, -0.15) is 0 Å². The Hall–Kier alpha value is -0.650. The highest BCUT2D eigenvalue weighted by Gasteiger charge is 2.38. The molecule has 0 radical (unpaired) electrons. The topological polar surface area (TPSA) is 87.0 Å². The molecule has 0 aromatic carbocycles. The van der Waals surface area contributed by atoms with Crippen LogP contribution in [0.25, 0.3) is 0 Å². The molecule has 3 N–H and O–H groups in total. The summed E-state index contributed by atoms with van der Waals surface area (Å²) in [6.07, 6.45) is -1.56. The van der Waals surface area contributed by atoms with Crippen molar-refractivity contribution >= 4 is 5.97 Å². The van der Waals surface area contributed by atoms with E-state index in [-0.39, 0.29) is 6.61 Å². The smallest absolute Gasteiger partial charge is 0.302 e. The molecule has 1 rings (SSSR count). The Morgan fingerprint density at radius 1 is 1.50 bits per heavy atom. The van der Waals surface area contributed by atoms with Crippen molar-refractivity contribution in [3.8, 4) is 0 Å². The van der Waals surface area contributed by atoms with Crippen LogP contribution in [0.5, 0.6) is 0 Å². The molecule has 14 heavy (non-hydrogen) atoms. The van der Waals surface area contributed by atoms with Crippen LogP contribution in [0.3, 0.4) is 0 Å². The van der Waals surface area contributed by atoms with E-state index in [1.165, 1.54) is 6.92 Å². The number of aliphatic hydroxyl groups is 3. The summed E-state index contributed by atoms with van der Waals surface area (Å²) in [6.45, 7) is 1.14. The van der Waals surface area contributed by atoms with Crippen LogP contribution >= 0.6 is 0 Å². The molecular weight excluding hydrogens is 188 g/mol. The lowest BCUT2D eigenvalue weighted by Gasteiger charge is -2.21. The van der Waals surface area contributed by atoms with Gasteiger partial charge in [0, 0.05) is 12.8 Å². The minimum Gasteiger partial charge on any atom is -0.463 e.